The van der Waals surface area contributed by atoms with Gasteiger partial charge in [0.2, 0.25) is 0 Å². The van der Waals surface area contributed by atoms with E-state index in [4.69, 9.17) is 5.11 Å². The van der Waals surface area contributed by atoms with Gasteiger partial charge in [-0.1, -0.05) is 0 Å². The largest absolute Gasteiger partial charge is 0.478 e. The van der Waals surface area contributed by atoms with Crippen molar-refractivity contribution in [2.45, 2.75) is 0 Å². The normalized spacial score (nSPS) is 10.3. The minimum Gasteiger partial charge on any atom is -0.478 e. The zero-order chi connectivity index (χ0) is 8.55. The van der Waals surface area contributed by atoms with E-state index < -0.39 is 5.97 Å². The van der Waals surface area contributed by atoms with Gasteiger partial charge < -0.3 is 5.11 Å². The number of aromatic nitrogens is 2. The molecule has 4 heteroatoms. The van der Waals surface area contributed by atoms with Gasteiger partial charge in [-0.2, -0.15) is 5.10 Å². The van der Waals surface area contributed by atoms with Crippen molar-refractivity contribution in [2.75, 3.05) is 0 Å². The van der Waals surface area contributed by atoms with Gasteiger partial charge in [-0.15, -0.1) is 0 Å². The molecule has 0 radical (unpaired) electrons. The van der Waals surface area contributed by atoms with Crippen molar-refractivity contribution >= 4 is 11.5 Å². The highest BCUT2D eigenvalue weighted by atomic mass is 16.4. The fraction of sp³-hybridized carbons (Fsp3) is 0. The summed E-state index contributed by atoms with van der Waals surface area (Å²) in [6, 6.07) is 5.08. The summed E-state index contributed by atoms with van der Waals surface area (Å²) in [5, 5.41) is 12.6. The van der Waals surface area contributed by atoms with Crippen molar-refractivity contribution in [3.63, 3.8) is 0 Å². The van der Waals surface area contributed by atoms with Crippen LogP contribution in [0, 0.1) is 0 Å². The highest BCUT2D eigenvalue weighted by Crippen LogP contribution is 2.04. The third-order valence-electron chi connectivity index (χ3n) is 1.64. The Hall–Kier alpha value is -1.84. The van der Waals surface area contributed by atoms with Crippen molar-refractivity contribution in [3.8, 4) is 0 Å². The average molecular weight is 162 g/mol. The van der Waals surface area contributed by atoms with E-state index in [0.29, 0.717) is 0 Å². The predicted molar refractivity (Wildman–Crippen MR) is 42.2 cm³/mol. The minimum absolute atomic E-state index is 0.242. The molecule has 0 amide bonds. The molecule has 4 nitrogen and oxygen atoms in total. The maximum Gasteiger partial charge on any atom is 0.337 e. The van der Waals surface area contributed by atoms with Gasteiger partial charge in [-0.3, -0.25) is 0 Å². The first kappa shape index (κ1) is 6.84. The number of carbonyl (C=O) groups is 1. The average Bonchev–Trinajstić information content (AvgIpc) is 2.49. The Labute approximate surface area is 68.1 Å². The number of rotatable bonds is 1. The number of fused-ring (bicyclic) bond motifs is 1. The Morgan fingerprint density at radius 3 is 3.00 bits per heavy atom. The molecule has 0 aromatic carbocycles. The zero-order valence-corrected chi connectivity index (χ0v) is 6.14. The van der Waals surface area contributed by atoms with Gasteiger partial charge in [-0.05, 0) is 18.2 Å². The lowest BCUT2D eigenvalue weighted by molar-refractivity contribution is 0.0696. The zero-order valence-electron chi connectivity index (χ0n) is 6.14. The molecule has 2 aromatic rings. The van der Waals surface area contributed by atoms with Crippen LogP contribution in [-0.4, -0.2) is 20.7 Å². The Kier molecular flexibility index (Phi) is 1.33. The molecule has 2 heterocycles. The molecule has 1 N–H and O–H groups in total. The topological polar surface area (TPSA) is 54.6 Å². The van der Waals surface area contributed by atoms with Crippen molar-refractivity contribution in [1.29, 1.82) is 0 Å². The van der Waals surface area contributed by atoms with Crippen molar-refractivity contribution < 1.29 is 9.90 Å². The number of hydrogen-bond donors (Lipinski definition) is 1. The molecule has 0 bridgehead atoms. The quantitative estimate of drug-likeness (QED) is 0.681. The van der Waals surface area contributed by atoms with E-state index >= 15 is 0 Å². The summed E-state index contributed by atoms with van der Waals surface area (Å²) in [5.74, 6) is -0.938. The molecule has 0 spiro atoms. The van der Waals surface area contributed by atoms with Crippen LogP contribution in [-0.2, 0) is 0 Å². The first-order chi connectivity index (χ1) is 5.77. The maximum absolute atomic E-state index is 10.5. The Balaban J connectivity index is 2.68. The Morgan fingerprint density at radius 1 is 1.42 bits per heavy atom. The van der Waals surface area contributed by atoms with Crippen LogP contribution in [0.25, 0.3) is 5.52 Å². The number of hydrogen-bond acceptors (Lipinski definition) is 2. The van der Waals surface area contributed by atoms with Gasteiger partial charge in [0.25, 0.3) is 0 Å². The molecular formula is C8H6N2O2. The first-order valence-electron chi connectivity index (χ1n) is 3.44. The maximum atomic E-state index is 10.5. The van der Waals surface area contributed by atoms with Crippen LogP contribution >= 0.6 is 0 Å². The van der Waals surface area contributed by atoms with E-state index in [-0.39, 0.29) is 5.56 Å². The number of nitrogens with zero attached hydrogens (tertiary/aromatic N) is 2. The van der Waals surface area contributed by atoms with Crippen LogP contribution < -0.4 is 0 Å². The highest BCUT2D eigenvalue weighted by molar-refractivity contribution is 5.87. The Morgan fingerprint density at radius 2 is 2.25 bits per heavy atom. The van der Waals surface area contributed by atoms with Gasteiger partial charge in [0.1, 0.15) is 0 Å². The molecule has 0 fully saturated rings. The van der Waals surface area contributed by atoms with E-state index in [0.717, 1.165) is 5.52 Å². The Bertz CT molecular complexity index is 433. The van der Waals surface area contributed by atoms with Gasteiger partial charge in [0, 0.05) is 12.4 Å². The fourth-order valence-corrected chi connectivity index (χ4v) is 1.04. The molecule has 0 aliphatic rings. The van der Waals surface area contributed by atoms with Crippen LogP contribution in [0.2, 0.25) is 0 Å². The number of carboxylic acid groups (broad SMARTS) is 1. The molecule has 2 aromatic heterocycles. The summed E-state index contributed by atoms with van der Waals surface area (Å²) in [6.45, 7) is 0. The summed E-state index contributed by atoms with van der Waals surface area (Å²) in [6.07, 6.45) is 3.11. The lowest BCUT2D eigenvalue weighted by atomic mass is 10.3. The summed E-state index contributed by atoms with van der Waals surface area (Å²) in [5.41, 5.74) is 1.13. The van der Waals surface area contributed by atoms with Crippen LogP contribution in [0.1, 0.15) is 10.4 Å². The van der Waals surface area contributed by atoms with E-state index in [1.54, 1.807) is 18.3 Å². The number of carboxylic acids is 1. The number of pyridine rings is 1. The SMILES string of the molecule is O=C(O)c1ccc2ccnn2c1. The van der Waals surface area contributed by atoms with Gasteiger partial charge >= 0.3 is 5.97 Å². The molecule has 12 heavy (non-hydrogen) atoms. The van der Waals surface area contributed by atoms with Crippen LogP contribution in [0.3, 0.4) is 0 Å². The molecule has 0 unspecified atom stereocenters. The second-order valence-electron chi connectivity index (χ2n) is 2.42. The monoisotopic (exact) mass is 162 g/mol. The van der Waals surface area contributed by atoms with Gasteiger partial charge in [0.15, 0.2) is 0 Å². The first-order valence-corrected chi connectivity index (χ1v) is 3.44. The standard InChI is InChI=1S/C8H6N2O2/c11-8(12)6-1-2-7-3-4-9-10(7)5-6/h1-5H,(H,11,12). The molecule has 0 atom stereocenters. The molecule has 0 aliphatic carbocycles. The van der Waals surface area contributed by atoms with Crippen molar-refractivity contribution in [1.82, 2.24) is 9.61 Å². The second-order valence-corrected chi connectivity index (χ2v) is 2.42. The number of aromatic carboxylic acids is 1. The molecular weight excluding hydrogens is 156 g/mol. The van der Waals surface area contributed by atoms with Crippen molar-refractivity contribution in [2.24, 2.45) is 0 Å². The highest BCUT2D eigenvalue weighted by Gasteiger charge is 2.02. The fourth-order valence-electron chi connectivity index (χ4n) is 1.04. The summed E-state index contributed by atoms with van der Waals surface area (Å²) in [7, 11) is 0. The van der Waals surface area contributed by atoms with Gasteiger partial charge in [-0.25, -0.2) is 9.31 Å². The minimum atomic E-state index is -0.938. The molecule has 0 saturated carbocycles. The molecule has 0 aliphatic heterocycles. The second kappa shape index (κ2) is 2.34. The molecule has 0 saturated heterocycles. The van der Waals surface area contributed by atoms with Crippen LogP contribution in [0.5, 0.6) is 0 Å². The summed E-state index contributed by atoms with van der Waals surface area (Å²) >= 11 is 0. The lowest BCUT2D eigenvalue weighted by Crippen LogP contribution is -1.98. The van der Waals surface area contributed by atoms with Crippen molar-refractivity contribution in [3.05, 3.63) is 36.2 Å². The summed E-state index contributed by atoms with van der Waals surface area (Å²) in [4.78, 5) is 10.5. The van der Waals surface area contributed by atoms with E-state index in [9.17, 15) is 4.79 Å². The molecule has 2 rings (SSSR count). The predicted octanol–water partition coefficient (Wildman–Crippen LogP) is 1.03. The van der Waals surface area contributed by atoms with E-state index in [1.807, 2.05) is 6.07 Å². The lowest BCUT2D eigenvalue weighted by Gasteiger charge is -1.94. The van der Waals surface area contributed by atoms with E-state index in [2.05, 4.69) is 5.10 Å². The van der Waals surface area contributed by atoms with Gasteiger partial charge in [0.05, 0.1) is 11.1 Å². The smallest absolute Gasteiger partial charge is 0.337 e. The van der Waals surface area contributed by atoms with Crippen LogP contribution in [0.15, 0.2) is 30.6 Å². The molecule has 60 valence electrons. The van der Waals surface area contributed by atoms with Crippen LogP contribution in [0.4, 0.5) is 0 Å². The third kappa shape index (κ3) is 0.934. The van der Waals surface area contributed by atoms with E-state index in [1.165, 1.54) is 10.7 Å². The third-order valence-corrected chi connectivity index (χ3v) is 1.64. The summed E-state index contributed by atoms with van der Waals surface area (Å²) < 4.78 is 1.53.